The Bertz CT molecular complexity index is 900. The van der Waals surface area contributed by atoms with E-state index >= 15 is 0 Å². The van der Waals surface area contributed by atoms with Crippen LogP contribution in [0.1, 0.15) is 37.8 Å². The molecule has 1 heterocycles. The fraction of sp³-hybridized carbons (Fsp3) is 0.458. The van der Waals surface area contributed by atoms with Crippen molar-refractivity contribution in [3.05, 3.63) is 59.7 Å². The van der Waals surface area contributed by atoms with Crippen LogP contribution in [0.15, 0.2) is 48.5 Å². The van der Waals surface area contributed by atoms with Gasteiger partial charge in [0.25, 0.3) is 0 Å². The molecule has 180 valence electrons. The van der Waals surface area contributed by atoms with Crippen LogP contribution in [0.2, 0.25) is 0 Å². The molecule has 0 saturated carbocycles. The second-order valence-corrected chi connectivity index (χ2v) is 8.88. The maximum Gasteiger partial charge on any atom is 0.317 e. The van der Waals surface area contributed by atoms with Crippen LogP contribution < -0.4 is 14.8 Å². The largest absolute Gasteiger partial charge is 0.457 e. The lowest BCUT2D eigenvalue weighted by Crippen LogP contribution is -2.50. The number of rotatable bonds is 10. The Kier molecular flexibility index (Phi) is 9.68. The first-order valence-corrected chi connectivity index (χ1v) is 12.6. The van der Waals surface area contributed by atoms with Crippen molar-refractivity contribution >= 4 is 17.3 Å². The summed E-state index contributed by atoms with van der Waals surface area (Å²) in [5, 5.41) is 2.92. The SMILES string of the molecule is CCNC(=O)N(CC)C1CCN(Cc2ccc(Oc3ccc(CNS(=O)O)cc3)cc2)CC1. The molecule has 3 N–H and O–H groups in total. The molecule has 2 amide bonds. The van der Waals surface area contributed by atoms with E-state index in [-0.39, 0.29) is 6.03 Å². The summed E-state index contributed by atoms with van der Waals surface area (Å²) in [6.07, 6.45) is 1.98. The van der Waals surface area contributed by atoms with Gasteiger partial charge in [-0.05, 0) is 62.1 Å². The van der Waals surface area contributed by atoms with E-state index in [9.17, 15) is 9.00 Å². The van der Waals surface area contributed by atoms with Crippen molar-refractivity contribution in [1.82, 2.24) is 19.8 Å². The van der Waals surface area contributed by atoms with Crippen LogP contribution in [0.3, 0.4) is 0 Å². The Morgan fingerprint density at radius 3 is 2.15 bits per heavy atom. The number of urea groups is 1. The number of hydrogen-bond acceptors (Lipinski definition) is 4. The zero-order valence-corrected chi connectivity index (χ0v) is 20.1. The zero-order valence-electron chi connectivity index (χ0n) is 19.3. The molecule has 9 heteroatoms. The van der Waals surface area contributed by atoms with Crippen molar-refractivity contribution in [3.63, 3.8) is 0 Å². The fourth-order valence-electron chi connectivity index (χ4n) is 4.09. The monoisotopic (exact) mass is 474 g/mol. The highest BCUT2D eigenvalue weighted by Gasteiger charge is 2.26. The van der Waals surface area contributed by atoms with Gasteiger partial charge in [0.15, 0.2) is 0 Å². The molecule has 0 aliphatic carbocycles. The predicted molar refractivity (Wildman–Crippen MR) is 130 cm³/mol. The van der Waals surface area contributed by atoms with Crippen molar-refractivity contribution in [2.75, 3.05) is 26.2 Å². The number of nitrogens with zero attached hydrogens (tertiary/aromatic N) is 2. The molecule has 1 saturated heterocycles. The molecule has 1 fully saturated rings. The zero-order chi connectivity index (χ0) is 23.6. The Labute approximate surface area is 198 Å². The summed E-state index contributed by atoms with van der Waals surface area (Å²) >= 11 is -2.02. The van der Waals surface area contributed by atoms with Gasteiger partial charge in [-0.3, -0.25) is 9.45 Å². The molecule has 2 aromatic rings. The van der Waals surface area contributed by atoms with E-state index in [0.29, 0.717) is 24.9 Å². The molecule has 1 unspecified atom stereocenters. The number of carbonyl (C=O) groups excluding carboxylic acids is 1. The highest BCUT2D eigenvalue weighted by molar-refractivity contribution is 7.77. The molecule has 8 nitrogen and oxygen atoms in total. The molecule has 2 aromatic carbocycles. The van der Waals surface area contributed by atoms with Crippen molar-refractivity contribution < 1.29 is 18.3 Å². The van der Waals surface area contributed by atoms with Crippen LogP contribution in [0.5, 0.6) is 11.5 Å². The van der Waals surface area contributed by atoms with Crippen molar-refractivity contribution in [1.29, 1.82) is 0 Å². The number of hydrogen-bond donors (Lipinski definition) is 3. The van der Waals surface area contributed by atoms with E-state index in [2.05, 4.69) is 27.1 Å². The first-order chi connectivity index (χ1) is 16.0. The number of carbonyl (C=O) groups is 1. The van der Waals surface area contributed by atoms with Crippen LogP contribution in [0.25, 0.3) is 0 Å². The van der Waals surface area contributed by atoms with Gasteiger partial charge >= 0.3 is 6.03 Å². The van der Waals surface area contributed by atoms with E-state index in [1.165, 1.54) is 5.56 Å². The van der Waals surface area contributed by atoms with E-state index in [1.54, 1.807) is 0 Å². The van der Waals surface area contributed by atoms with E-state index in [0.717, 1.165) is 50.3 Å². The quantitative estimate of drug-likeness (QED) is 0.456. The average molecular weight is 475 g/mol. The number of benzene rings is 2. The van der Waals surface area contributed by atoms with Gasteiger partial charge in [0.05, 0.1) is 0 Å². The predicted octanol–water partition coefficient (Wildman–Crippen LogP) is 3.72. The van der Waals surface area contributed by atoms with Gasteiger partial charge in [-0.1, -0.05) is 24.3 Å². The highest BCUT2D eigenvalue weighted by atomic mass is 32.2. The third-order valence-corrected chi connectivity index (χ3v) is 6.21. The van der Waals surface area contributed by atoms with Gasteiger partial charge in [-0.2, -0.15) is 0 Å². The Morgan fingerprint density at radius 1 is 1.06 bits per heavy atom. The number of amides is 2. The maximum absolute atomic E-state index is 12.2. The molecule has 33 heavy (non-hydrogen) atoms. The molecular weight excluding hydrogens is 440 g/mol. The van der Waals surface area contributed by atoms with Gasteiger partial charge in [-0.25, -0.2) is 13.7 Å². The van der Waals surface area contributed by atoms with Gasteiger partial charge < -0.3 is 15.0 Å². The smallest absolute Gasteiger partial charge is 0.317 e. The van der Waals surface area contributed by atoms with E-state index < -0.39 is 11.3 Å². The van der Waals surface area contributed by atoms with Gasteiger partial charge in [0.1, 0.15) is 11.5 Å². The summed E-state index contributed by atoms with van der Waals surface area (Å²) in [7, 11) is 0. The number of nitrogens with one attached hydrogen (secondary N) is 2. The van der Waals surface area contributed by atoms with Crippen LogP contribution >= 0.6 is 0 Å². The van der Waals surface area contributed by atoms with Crippen LogP contribution in [0, 0.1) is 0 Å². The molecular formula is C24H34N4O4S. The molecule has 0 bridgehead atoms. The van der Waals surface area contributed by atoms with Gasteiger partial charge in [-0.15, -0.1) is 0 Å². The highest BCUT2D eigenvalue weighted by Crippen LogP contribution is 2.24. The van der Waals surface area contributed by atoms with Crippen LogP contribution in [-0.4, -0.2) is 56.8 Å². The summed E-state index contributed by atoms with van der Waals surface area (Å²) in [5.74, 6) is 1.48. The molecule has 1 aliphatic rings. The minimum Gasteiger partial charge on any atom is -0.457 e. The van der Waals surface area contributed by atoms with Crippen molar-refractivity contribution in [3.8, 4) is 11.5 Å². The van der Waals surface area contributed by atoms with E-state index in [4.69, 9.17) is 9.29 Å². The molecule has 1 atom stereocenters. The fourth-order valence-corrected chi connectivity index (χ4v) is 4.38. The standard InChI is InChI=1S/C24H34N4O4S/c1-3-25-24(29)28(4-2)21-13-15-27(16-14-21)18-20-7-11-23(12-8-20)32-22-9-5-19(6-10-22)17-26-33(30)31/h5-12,21,26H,3-4,13-18H2,1-2H3,(H,25,29)(H,30,31). The Hall–Kier alpha value is -2.46. The van der Waals surface area contributed by atoms with Gasteiger partial charge in [0.2, 0.25) is 11.3 Å². The molecule has 0 spiro atoms. The lowest BCUT2D eigenvalue weighted by molar-refractivity contribution is 0.120. The lowest BCUT2D eigenvalue weighted by Gasteiger charge is -2.38. The third-order valence-electron chi connectivity index (χ3n) is 5.82. The average Bonchev–Trinajstić information content (AvgIpc) is 2.81. The van der Waals surface area contributed by atoms with Crippen LogP contribution in [-0.2, 0) is 24.4 Å². The summed E-state index contributed by atoms with van der Waals surface area (Å²) in [6.45, 7) is 8.53. The third kappa shape index (κ3) is 7.82. The molecule has 0 radical (unpaired) electrons. The van der Waals surface area contributed by atoms with Crippen molar-refractivity contribution in [2.24, 2.45) is 0 Å². The first kappa shape index (κ1) is 25.2. The van der Waals surface area contributed by atoms with Crippen LogP contribution in [0.4, 0.5) is 4.79 Å². The molecule has 3 rings (SSSR count). The molecule has 1 aliphatic heterocycles. The number of piperidine rings is 1. The summed E-state index contributed by atoms with van der Waals surface area (Å²) in [6, 6.07) is 15.9. The van der Waals surface area contributed by atoms with Crippen molar-refractivity contribution in [2.45, 2.75) is 45.8 Å². The number of likely N-dealkylation sites (tertiary alicyclic amines) is 1. The summed E-state index contributed by atoms with van der Waals surface area (Å²) in [4.78, 5) is 16.6. The summed E-state index contributed by atoms with van der Waals surface area (Å²) < 4.78 is 27.8. The lowest BCUT2D eigenvalue weighted by atomic mass is 10.0. The first-order valence-electron chi connectivity index (χ1n) is 11.5. The number of ether oxygens (including phenoxy) is 1. The molecule has 0 aromatic heterocycles. The van der Waals surface area contributed by atoms with E-state index in [1.807, 2.05) is 55.1 Å². The minimum absolute atomic E-state index is 0.0435. The minimum atomic E-state index is -2.02. The Balaban J connectivity index is 1.46. The second kappa shape index (κ2) is 12.7. The summed E-state index contributed by atoms with van der Waals surface area (Å²) in [5.41, 5.74) is 2.13. The Morgan fingerprint density at radius 2 is 1.64 bits per heavy atom. The maximum atomic E-state index is 12.2. The van der Waals surface area contributed by atoms with Gasteiger partial charge in [0, 0.05) is 45.3 Å². The normalized spacial score (nSPS) is 15.7. The topological polar surface area (TPSA) is 94.1 Å². The second-order valence-electron chi connectivity index (χ2n) is 8.09.